The van der Waals surface area contributed by atoms with Crippen LogP contribution < -0.4 is 0 Å². The Morgan fingerprint density at radius 2 is 1.81 bits per heavy atom. The second-order valence-electron chi connectivity index (χ2n) is 7.39. The Kier molecular flexibility index (Phi) is 7.34. The van der Waals surface area contributed by atoms with Gasteiger partial charge in [0.2, 0.25) is 0 Å². The van der Waals surface area contributed by atoms with Gasteiger partial charge in [-0.2, -0.15) is 0 Å². The molecule has 0 saturated carbocycles. The van der Waals surface area contributed by atoms with Crippen molar-refractivity contribution >= 4 is 21.4 Å². The van der Waals surface area contributed by atoms with Crippen LogP contribution in [0.5, 0.6) is 0 Å². The third kappa shape index (κ3) is 5.25. The van der Waals surface area contributed by atoms with Gasteiger partial charge in [-0.25, -0.2) is 18.4 Å². The average molecular weight is 465 g/mol. The molecule has 0 spiro atoms. The maximum Gasteiger partial charge on any atom is 0.182 e. The van der Waals surface area contributed by atoms with Crippen LogP contribution in [0.25, 0.3) is 11.5 Å². The molecule has 0 N–H and O–H groups in total. The highest BCUT2D eigenvalue weighted by molar-refractivity contribution is 7.91. The number of ether oxygens (including phenoxy) is 1. The Morgan fingerprint density at radius 3 is 2.42 bits per heavy atom. The highest BCUT2D eigenvalue weighted by Crippen LogP contribution is 2.27. The maximum absolute atomic E-state index is 13.3. The van der Waals surface area contributed by atoms with Crippen molar-refractivity contribution in [3.8, 4) is 11.5 Å². The molecule has 3 aromatic heterocycles. The highest BCUT2D eigenvalue weighted by Gasteiger charge is 2.32. The first kappa shape index (κ1) is 23.2. The number of rotatable bonds is 9. The number of sulfone groups is 1. The summed E-state index contributed by atoms with van der Waals surface area (Å²) in [5, 5.41) is 8.09. The largest absolute Gasteiger partial charge is 0.383 e. The molecule has 31 heavy (non-hydrogen) atoms. The minimum atomic E-state index is -3.61. The predicted molar refractivity (Wildman–Crippen MR) is 117 cm³/mol. The SMILES string of the molecule is COC[C@H](C)n1c(CS(=O)(=O)[C@@H](C)[C@H](C)c2ncc(Cl)cn2)nnc1-c1ccccn1. The van der Waals surface area contributed by atoms with E-state index < -0.39 is 21.0 Å². The Balaban J connectivity index is 1.93. The molecule has 0 aliphatic carbocycles. The quantitative estimate of drug-likeness (QED) is 0.474. The zero-order chi connectivity index (χ0) is 22.6. The summed E-state index contributed by atoms with van der Waals surface area (Å²) in [6.07, 6.45) is 4.57. The molecule has 0 saturated heterocycles. The fourth-order valence-corrected chi connectivity index (χ4v) is 4.92. The molecule has 3 atom stereocenters. The van der Waals surface area contributed by atoms with Crippen LogP contribution in [0.3, 0.4) is 0 Å². The van der Waals surface area contributed by atoms with Gasteiger partial charge < -0.3 is 9.30 Å². The lowest BCUT2D eigenvalue weighted by Crippen LogP contribution is -2.28. The molecule has 0 aliphatic heterocycles. The van der Waals surface area contributed by atoms with Gasteiger partial charge in [-0.1, -0.05) is 24.6 Å². The van der Waals surface area contributed by atoms with Gasteiger partial charge in [-0.15, -0.1) is 10.2 Å². The molecule has 11 heteroatoms. The van der Waals surface area contributed by atoms with E-state index in [1.165, 1.54) is 12.4 Å². The van der Waals surface area contributed by atoms with E-state index in [2.05, 4.69) is 25.1 Å². The first-order valence-electron chi connectivity index (χ1n) is 9.77. The van der Waals surface area contributed by atoms with E-state index in [0.29, 0.717) is 34.8 Å². The van der Waals surface area contributed by atoms with Crippen LogP contribution in [0.1, 0.15) is 44.4 Å². The van der Waals surface area contributed by atoms with E-state index in [9.17, 15) is 8.42 Å². The van der Waals surface area contributed by atoms with Crippen molar-refractivity contribution in [2.45, 2.75) is 43.7 Å². The summed E-state index contributed by atoms with van der Waals surface area (Å²) in [6, 6.07) is 5.26. The summed E-state index contributed by atoms with van der Waals surface area (Å²) in [5.41, 5.74) is 0.609. The summed E-state index contributed by atoms with van der Waals surface area (Å²) in [5.74, 6) is 0.549. The summed E-state index contributed by atoms with van der Waals surface area (Å²) in [6.45, 7) is 5.72. The molecular weight excluding hydrogens is 440 g/mol. The van der Waals surface area contributed by atoms with Crippen molar-refractivity contribution in [1.82, 2.24) is 29.7 Å². The normalized spacial score (nSPS) is 14.9. The van der Waals surface area contributed by atoms with E-state index >= 15 is 0 Å². The van der Waals surface area contributed by atoms with E-state index in [1.807, 2.05) is 13.0 Å². The molecule has 0 bridgehead atoms. The smallest absolute Gasteiger partial charge is 0.182 e. The van der Waals surface area contributed by atoms with Crippen LogP contribution in [0, 0.1) is 0 Å². The number of methoxy groups -OCH3 is 1. The van der Waals surface area contributed by atoms with E-state index in [-0.39, 0.29) is 11.8 Å². The van der Waals surface area contributed by atoms with Gasteiger partial charge in [-0.3, -0.25) is 4.98 Å². The Bertz CT molecular complexity index is 1110. The number of hydrogen-bond acceptors (Lipinski definition) is 8. The van der Waals surface area contributed by atoms with Gasteiger partial charge in [0.1, 0.15) is 23.1 Å². The first-order chi connectivity index (χ1) is 14.7. The molecule has 3 aromatic rings. The summed E-state index contributed by atoms with van der Waals surface area (Å²) >= 11 is 5.84. The van der Waals surface area contributed by atoms with Gasteiger partial charge in [-0.05, 0) is 26.0 Å². The summed E-state index contributed by atoms with van der Waals surface area (Å²) in [7, 11) is -2.02. The Labute approximate surface area is 186 Å². The van der Waals surface area contributed by atoms with Crippen molar-refractivity contribution in [1.29, 1.82) is 0 Å². The Morgan fingerprint density at radius 1 is 1.10 bits per heavy atom. The average Bonchev–Trinajstić information content (AvgIpc) is 3.17. The minimum Gasteiger partial charge on any atom is -0.383 e. The van der Waals surface area contributed by atoms with Gasteiger partial charge in [0.25, 0.3) is 0 Å². The molecule has 0 unspecified atom stereocenters. The van der Waals surface area contributed by atoms with E-state index in [4.69, 9.17) is 16.3 Å². The Hall–Kier alpha value is -2.43. The number of pyridine rings is 1. The second kappa shape index (κ2) is 9.80. The van der Waals surface area contributed by atoms with Crippen LogP contribution in [-0.2, 0) is 20.3 Å². The third-order valence-corrected chi connectivity index (χ3v) is 7.55. The topological polar surface area (TPSA) is 113 Å². The highest BCUT2D eigenvalue weighted by atomic mass is 35.5. The van der Waals surface area contributed by atoms with Crippen molar-refractivity contribution in [2.75, 3.05) is 13.7 Å². The summed E-state index contributed by atoms with van der Waals surface area (Å²) < 4.78 is 33.6. The second-order valence-corrected chi connectivity index (χ2v) is 10.2. The molecule has 0 aliphatic rings. The third-order valence-electron chi connectivity index (χ3n) is 5.16. The van der Waals surface area contributed by atoms with Crippen LogP contribution in [0.4, 0.5) is 0 Å². The molecule has 9 nitrogen and oxygen atoms in total. The zero-order valence-corrected chi connectivity index (χ0v) is 19.4. The number of nitrogens with zero attached hydrogens (tertiary/aromatic N) is 6. The molecule has 0 fully saturated rings. The fourth-order valence-electron chi connectivity index (χ4n) is 3.26. The van der Waals surface area contributed by atoms with Crippen LogP contribution in [-0.4, -0.2) is 57.1 Å². The lowest BCUT2D eigenvalue weighted by molar-refractivity contribution is 0.161. The van der Waals surface area contributed by atoms with Gasteiger partial charge >= 0.3 is 0 Å². The van der Waals surface area contributed by atoms with Gasteiger partial charge in [0.05, 0.1) is 22.9 Å². The fraction of sp³-hybridized carbons (Fsp3) is 0.450. The van der Waals surface area contributed by atoms with E-state index in [0.717, 1.165) is 0 Å². The molecule has 3 rings (SSSR count). The summed E-state index contributed by atoms with van der Waals surface area (Å²) in [4.78, 5) is 12.7. The number of aromatic nitrogens is 6. The van der Waals surface area contributed by atoms with Crippen molar-refractivity contribution < 1.29 is 13.2 Å². The molecule has 0 amide bonds. The number of halogens is 1. The van der Waals surface area contributed by atoms with Crippen molar-refractivity contribution in [3.63, 3.8) is 0 Å². The van der Waals surface area contributed by atoms with Crippen LogP contribution in [0.2, 0.25) is 5.02 Å². The zero-order valence-electron chi connectivity index (χ0n) is 17.8. The lowest BCUT2D eigenvalue weighted by Gasteiger charge is -2.21. The minimum absolute atomic E-state index is 0.186. The predicted octanol–water partition coefficient (Wildman–Crippen LogP) is 3.10. The van der Waals surface area contributed by atoms with Gasteiger partial charge in [0, 0.05) is 31.6 Å². The van der Waals surface area contributed by atoms with Crippen LogP contribution in [0.15, 0.2) is 36.8 Å². The molecule has 3 heterocycles. The van der Waals surface area contributed by atoms with Crippen LogP contribution >= 0.6 is 11.6 Å². The molecule has 0 radical (unpaired) electrons. The van der Waals surface area contributed by atoms with Crippen molar-refractivity contribution in [3.05, 3.63) is 53.5 Å². The molecular formula is C20H25ClN6O3S. The molecule has 166 valence electrons. The lowest BCUT2D eigenvalue weighted by atomic mass is 10.1. The maximum atomic E-state index is 13.3. The standard InChI is InChI=1S/C20H25ClN6O3S/c1-13(11-30-4)27-18(25-26-20(27)17-7-5-6-8-22-17)12-31(28,29)15(3)14(2)19-23-9-16(21)10-24-19/h5-10,13-15H,11-12H2,1-4H3/t13-,14-,15-/m0/s1. The van der Waals surface area contributed by atoms with Gasteiger partial charge in [0.15, 0.2) is 15.7 Å². The first-order valence-corrected chi connectivity index (χ1v) is 11.9. The number of hydrogen-bond donors (Lipinski definition) is 0. The monoisotopic (exact) mass is 464 g/mol. The van der Waals surface area contributed by atoms with E-state index in [1.54, 1.807) is 43.9 Å². The molecule has 0 aromatic carbocycles. The van der Waals surface area contributed by atoms with Crippen molar-refractivity contribution in [2.24, 2.45) is 0 Å².